The number of esters is 1. The van der Waals surface area contributed by atoms with Crippen molar-refractivity contribution in [1.82, 2.24) is 0 Å². The van der Waals surface area contributed by atoms with Gasteiger partial charge in [0.25, 0.3) is 0 Å². The third-order valence-electron chi connectivity index (χ3n) is 2.08. The molecule has 0 heterocycles. The van der Waals surface area contributed by atoms with E-state index in [1.807, 2.05) is 0 Å². The zero-order valence-electron chi connectivity index (χ0n) is 9.62. The van der Waals surface area contributed by atoms with Gasteiger partial charge in [0.15, 0.2) is 0 Å². The summed E-state index contributed by atoms with van der Waals surface area (Å²) in [6.07, 6.45) is -2.21. The first-order chi connectivity index (χ1) is 8.34. The summed E-state index contributed by atoms with van der Waals surface area (Å²) in [5.41, 5.74) is 4.20. The molecule has 0 spiro atoms. The van der Waals surface area contributed by atoms with Gasteiger partial charge in [0, 0.05) is 11.8 Å². The Morgan fingerprint density at radius 3 is 2.67 bits per heavy atom. The van der Waals surface area contributed by atoms with E-state index in [9.17, 15) is 18.0 Å². The summed E-state index contributed by atoms with van der Waals surface area (Å²) in [4.78, 5) is 11.0. The van der Waals surface area contributed by atoms with Crippen LogP contribution in [0.3, 0.4) is 0 Å². The van der Waals surface area contributed by atoms with E-state index < -0.39 is 17.7 Å². The van der Waals surface area contributed by atoms with E-state index in [-0.39, 0.29) is 17.9 Å². The molecule has 6 heteroatoms. The normalized spacial score (nSPS) is 11.8. The number of anilines is 1. The van der Waals surface area contributed by atoms with E-state index in [1.54, 1.807) is 6.92 Å². The highest BCUT2D eigenvalue weighted by atomic mass is 19.4. The van der Waals surface area contributed by atoms with Crippen molar-refractivity contribution in [3.63, 3.8) is 0 Å². The Kier molecular flexibility index (Phi) is 4.36. The van der Waals surface area contributed by atoms with Crippen LogP contribution in [0.4, 0.5) is 18.9 Å². The van der Waals surface area contributed by atoms with Crippen LogP contribution in [0.15, 0.2) is 24.3 Å². The largest absolute Gasteiger partial charge is 0.463 e. The van der Waals surface area contributed by atoms with Gasteiger partial charge in [0.2, 0.25) is 0 Å². The Labute approximate surface area is 102 Å². The summed E-state index contributed by atoms with van der Waals surface area (Å²) >= 11 is 0. The molecule has 2 N–H and O–H groups in total. The van der Waals surface area contributed by atoms with Gasteiger partial charge in [-0.05, 0) is 30.7 Å². The van der Waals surface area contributed by atoms with Crippen LogP contribution < -0.4 is 5.73 Å². The van der Waals surface area contributed by atoms with E-state index >= 15 is 0 Å². The Hall–Kier alpha value is -1.98. The van der Waals surface area contributed by atoms with Crippen LogP contribution in [0.25, 0.3) is 6.08 Å². The molecule has 1 rings (SSSR count). The molecule has 1 aromatic rings. The number of hydrogen-bond donors (Lipinski definition) is 1. The number of carbonyl (C=O) groups is 1. The molecule has 0 saturated carbocycles. The van der Waals surface area contributed by atoms with Gasteiger partial charge in [0.05, 0.1) is 12.2 Å². The molecule has 0 fully saturated rings. The van der Waals surface area contributed by atoms with Crippen molar-refractivity contribution < 1.29 is 22.7 Å². The van der Waals surface area contributed by atoms with Crippen molar-refractivity contribution in [3.05, 3.63) is 35.4 Å². The van der Waals surface area contributed by atoms with Gasteiger partial charge in [-0.25, -0.2) is 4.79 Å². The van der Waals surface area contributed by atoms with Crippen molar-refractivity contribution in [2.45, 2.75) is 13.1 Å². The molecule has 0 amide bonds. The Bertz CT molecular complexity index is 467. The second-order valence-electron chi connectivity index (χ2n) is 3.43. The quantitative estimate of drug-likeness (QED) is 0.516. The third-order valence-corrected chi connectivity index (χ3v) is 2.08. The lowest BCUT2D eigenvalue weighted by molar-refractivity contribution is -0.137. The van der Waals surface area contributed by atoms with Crippen LogP contribution >= 0.6 is 0 Å². The van der Waals surface area contributed by atoms with Gasteiger partial charge < -0.3 is 10.5 Å². The Morgan fingerprint density at radius 2 is 2.11 bits per heavy atom. The second kappa shape index (κ2) is 5.57. The minimum atomic E-state index is -4.52. The summed E-state index contributed by atoms with van der Waals surface area (Å²) in [5.74, 6) is -0.608. The summed E-state index contributed by atoms with van der Waals surface area (Å²) in [5, 5.41) is 0. The molecule has 18 heavy (non-hydrogen) atoms. The van der Waals surface area contributed by atoms with Gasteiger partial charge in [0.1, 0.15) is 0 Å². The topological polar surface area (TPSA) is 52.3 Å². The summed E-state index contributed by atoms with van der Waals surface area (Å²) in [6, 6.07) is 3.42. The van der Waals surface area contributed by atoms with Crippen LogP contribution in [-0.4, -0.2) is 12.6 Å². The second-order valence-corrected chi connectivity index (χ2v) is 3.43. The van der Waals surface area contributed by atoms with Gasteiger partial charge >= 0.3 is 12.1 Å². The minimum Gasteiger partial charge on any atom is -0.463 e. The fourth-order valence-corrected chi connectivity index (χ4v) is 1.28. The lowest BCUT2D eigenvalue weighted by Crippen LogP contribution is -2.09. The molecule has 0 unspecified atom stereocenters. The number of hydrogen-bond acceptors (Lipinski definition) is 3. The Balaban J connectivity index is 2.96. The first kappa shape index (κ1) is 14.1. The van der Waals surface area contributed by atoms with E-state index in [4.69, 9.17) is 5.73 Å². The summed E-state index contributed by atoms with van der Waals surface area (Å²) < 4.78 is 42.3. The van der Waals surface area contributed by atoms with Crippen LogP contribution in [0, 0.1) is 0 Å². The maximum atomic E-state index is 12.6. The van der Waals surface area contributed by atoms with Crippen LogP contribution in [0.2, 0.25) is 0 Å². The van der Waals surface area contributed by atoms with Crippen molar-refractivity contribution >= 4 is 17.7 Å². The first-order valence-electron chi connectivity index (χ1n) is 5.16. The minimum absolute atomic E-state index is 0.207. The number of alkyl halides is 3. The van der Waals surface area contributed by atoms with Crippen LogP contribution in [0.1, 0.15) is 18.1 Å². The molecule has 0 aromatic heterocycles. The highest BCUT2D eigenvalue weighted by molar-refractivity contribution is 5.87. The molecule has 1 aromatic carbocycles. The predicted molar refractivity (Wildman–Crippen MR) is 61.5 cm³/mol. The highest BCUT2D eigenvalue weighted by Crippen LogP contribution is 2.34. The number of rotatable bonds is 3. The number of carbonyl (C=O) groups excluding carboxylic acids is 1. The van der Waals surface area contributed by atoms with Gasteiger partial charge in [-0.2, -0.15) is 13.2 Å². The predicted octanol–water partition coefficient (Wildman–Crippen LogP) is 2.86. The van der Waals surface area contributed by atoms with Crippen LogP contribution in [0.5, 0.6) is 0 Å². The molecule has 3 nitrogen and oxygen atoms in total. The zero-order chi connectivity index (χ0) is 13.8. The smallest absolute Gasteiger partial charge is 0.418 e. The monoisotopic (exact) mass is 259 g/mol. The van der Waals surface area contributed by atoms with Crippen LogP contribution in [-0.2, 0) is 15.7 Å². The number of nitrogens with two attached hydrogens (primary N) is 1. The number of halogens is 3. The van der Waals surface area contributed by atoms with Gasteiger partial charge in [-0.3, -0.25) is 0 Å². The molecule has 0 atom stereocenters. The first-order valence-corrected chi connectivity index (χ1v) is 5.16. The molecule has 0 bridgehead atoms. The number of ether oxygens (including phenoxy) is 1. The van der Waals surface area contributed by atoms with Crippen molar-refractivity contribution in [3.8, 4) is 0 Å². The number of benzene rings is 1. The maximum absolute atomic E-state index is 12.6. The average Bonchev–Trinajstić information content (AvgIpc) is 2.27. The van der Waals surface area contributed by atoms with Crippen molar-refractivity contribution in [1.29, 1.82) is 0 Å². The maximum Gasteiger partial charge on any atom is 0.418 e. The molecule has 0 saturated heterocycles. The molecule has 98 valence electrons. The molecule has 0 radical (unpaired) electrons. The highest BCUT2D eigenvalue weighted by Gasteiger charge is 2.32. The molecule has 0 aliphatic heterocycles. The average molecular weight is 259 g/mol. The van der Waals surface area contributed by atoms with E-state index in [2.05, 4.69) is 4.74 Å². The van der Waals surface area contributed by atoms with Gasteiger partial charge in [-0.15, -0.1) is 0 Å². The summed E-state index contributed by atoms with van der Waals surface area (Å²) in [6.45, 7) is 1.84. The fraction of sp³-hybridized carbons (Fsp3) is 0.250. The lowest BCUT2D eigenvalue weighted by Gasteiger charge is -2.10. The third kappa shape index (κ3) is 3.80. The zero-order valence-corrected chi connectivity index (χ0v) is 9.62. The summed E-state index contributed by atoms with van der Waals surface area (Å²) in [7, 11) is 0. The molecular formula is C12H12F3NO2. The van der Waals surface area contributed by atoms with Crippen molar-refractivity contribution in [2.24, 2.45) is 0 Å². The van der Waals surface area contributed by atoms with Gasteiger partial charge in [-0.1, -0.05) is 6.07 Å². The lowest BCUT2D eigenvalue weighted by atomic mass is 10.1. The SMILES string of the molecule is CCOC(=O)C=Cc1ccc(N)c(C(F)(F)F)c1. The van der Waals surface area contributed by atoms with Crippen molar-refractivity contribution in [2.75, 3.05) is 12.3 Å². The van der Waals surface area contributed by atoms with E-state index in [1.165, 1.54) is 12.1 Å². The molecule has 0 aliphatic rings. The Morgan fingerprint density at radius 1 is 1.44 bits per heavy atom. The standard InChI is InChI=1S/C12H12F3NO2/c1-2-18-11(17)6-4-8-3-5-10(16)9(7-8)12(13,14)15/h3-7H,2,16H2,1H3. The number of nitrogen functional groups attached to an aromatic ring is 1. The van der Waals surface area contributed by atoms with E-state index in [0.717, 1.165) is 18.2 Å². The molecular weight excluding hydrogens is 247 g/mol. The van der Waals surface area contributed by atoms with E-state index in [0.29, 0.717) is 0 Å². The molecule has 0 aliphatic carbocycles. The fourth-order valence-electron chi connectivity index (χ4n) is 1.28.